The minimum atomic E-state index is -0.128. The van der Waals surface area contributed by atoms with Crippen molar-refractivity contribution in [2.75, 3.05) is 10.6 Å². The van der Waals surface area contributed by atoms with Crippen molar-refractivity contribution in [2.45, 2.75) is 40.0 Å². The number of hydrogen-bond acceptors (Lipinski definition) is 3. The molecule has 0 atom stereocenters. The number of fused-ring (bicyclic) bond motifs is 1. The maximum absolute atomic E-state index is 12.7. The number of carbonyl (C=O) groups is 2. The second-order valence-electron chi connectivity index (χ2n) is 6.10. The van der Waals surface area contributed by atoms with Crippen molar-refractivity contribution in [1.29, 1.82) is 0 Å². The van der Waals surface area contributed by atoms with Crippen LogP contribution in [0.3, 0.4) is 0 Å². The molecule has 0 unspecified atom stereocenters. The molecular weight excluding hydrogens is 302 g/mol. The van der Waals surface area contributed by atoms with E-state index in [9.17, 15) is 9.59 Å². The van der Waals surface area contributed by atoms with E-state index in [1.54, 1.807) is 18.5 Å². The van der Waals surface area contributed by atoms with Crippen LogP contribution < -0.4 is 10.6 Å². The molecule has 124 valence electrons. The van der Waals surface area contributed by atoms with Crippen molar-refractivity contribution >= 4 is 23.2 Å². The molecule has 0 saturated carbocycles. The van der Waals surface area contributed by atoms with Gasteiger partial charge in [0.15, 0.2) is 0 Å². The molecule has 24 heavy (non-hydrogen) atoms. The maximum Gasteiger partial charge on any atom is 0.256 e. The largest absolute Gasteiger partial charge is 0.326 e. The first-order valence-electron chi connectivity index (χ1n) is 8.18. The summed E-state index contributed by atoms with van der Waals surface area (Å²) in [7, 11) is 0. The molecular formula is C19H21N3O2. The molecule has 5 nitrogen and oxygen atoms in total. The highest BCUT2D eigenvalue weighted by atomic mass is 16.2. The molecule has 0 saturated heterocycles. The highest BCUT2D eigenvalue weighted by Gasteiger charge is 2.21. The van der Waals surface area contributed by atoms with Crippen LogP contribution in [0.15, 0.2) is 24.5 Å². The monoisotopic (exact) mass is 323 g/mol. The molecule has 0 radical (unpaired) electrons. The van der Waals surface area contributed by atoms with Crippen molar-refractivity contribution in [3.8, 4) is 0 Å². The highest BCUT2D eigenvalue weighted by molar-refractivity contribution is 6.06. The number of nitrogens with zero attached hydrogens (tertiary/aromatic N) is 1. The lowest BCUT2D eigenvalue weighted by Crippen LogP contribution is -2.22. The fraction of sp³-hybridized carbons (Fsp3) is 0.316. The lowest BCUT2D eigenvalue weighted by atomic mass is 9.94. The molecule has 1 aliphatic heterocycles. The third-order valence-corrected chi connectivity index (χ3v) is 4.64. The Morgan fingerprint density at radius 1 is 1.29 bits per heavy atom. The van der Waals surface area contributed by atoms with E-state index in [1.807, 2.05) is 26.8 Å². The van der Waals surface area contributed by atoms with Gasteiger partial charge in [0.2, 0.25) is 5.91 Å². The quantitative estimate of drug-likeness (QED) is 0.909. The van der Waals surface area contributed by atoms with Crippen LogP contribution in [0.25, 0.3) is 0 Å². The van der Waals surface area contributed by atoms with E-state index in [-0.39, 0.29) is 11.8 Å². The van der Waals surface area contributed by atoms with Gasteiger partial charge in [0.05, 0.1) is 0 Å². The number of hydrogen-bond donors (Lipinski definition) is 2. The summed E-state index contributed by atoms with van der Waals surface area (Å²) >= 11 is 0. The third-order valence-electron chi connectivity index (χ3n) is 4.64. The predicted molar refractivity (Wildman–Crippen MR) is 94.4 cm³/mol. The van der Waals surface area contributed by atoms with Gasteiger partial charge in [0, 0.05) is 35.8 Å². The van der Waals surface area contributed by atoms with E-state index in [0.717, 1.165) is 40.0 Å². The Morgan fingerprint density at radius 2 is 2.08 bits per heavy atom. The second kappa shape index (κ2) is 6.43. The van der Waals surface area contributed by atoms with Gasteiger partial charge in [0.1, 0.15) is 0 Å². The Labute approximate surface area is 141 Å². The fourth-order valence-electron chi connectivity index (χ4n) is 3.06. The predicted octanol–water partition coefficient (Wildman–Crippen LogP) is 3.40. The zero-order valence-corrected chi connectivity index (χ0v) is 14.2. The van der Waals surface area contributed by atoms with Gasteiger partial charge in [-0.25, -0.2) is 0 Å². The van der Waals surface area contributed by atoms with Crippen molar-refractivity contribution < 1.29 is 9.59 Å². The molecule has 3 rings (SSSR count). The van der Waals surface area contributed by atoms with E-state index >= 15 is 0 Å². The first-order valence-corrected chi connectivity index (χ1v) is 8.18. The Kier molecular flexibility index (Phi) is 4.34. The molecule has 2 aromatic rings. The Bertz CT molecular complexity index is 828. The van der Waals surface area contributed by atoms with Gasteiger partial charge >= 0.3 is 0 Å². The standard InChI is InChI=1S/C19H21N3O2/c1-4-13-10-20-8-7-15(13)19(24)21-16-9-14-5-6-17(23)22-18(14)12(3)11(16)2/h7-10H,4-6H2,1-3H3,(H,21,24)(H,22,23). The van der Waals surface area contributed by atoms with Crippen LogP contribution in [-0.4, -0.2) is 16.8 Å². The minimum Gasteiger partial charge on any atom is -0.326 e. The van der Waals surface area contributed by atoms with E-state index < -0.39 is 0 Å². The van der Waals surface area contributed by atoms with E-state index in [4.69, 9.17) is 0 Å². The third kappa shape index (κ3) is 2.89. The molecule has 0 spiro atoms. The first-order chi connectivity index (χ1) is 11.5. The van der Waals surface area contributed by atoms with Crippen LogP contribution in [-0.2, 0) is 17.6 Å². The Hall–Kier alpha value is -2.69. The number of aromatic nitrogens is 1. The smallest absolute Gasteiger partial charge is 0.256 e. The van der Waals surface area contributed by atoms with Gasteiger partial charge in [-0.1, -0.05) is 6.92 Å². The van der Waals surface area contributed by atoms with Gasteiger partial charge in [-0.2, -0.15) is 0 Å². The zero-order chi connectivity index (χ0) is 17.3. The summed E-state index contributed by atoms with van der Waals surface area (Å²) in [6, 6.07) is 3.72. The number of aryl methyl sites for hydroxylation is 2. The summed E-state index contributed by atoms with van der Waals surface area (Å²) in [6.45, 7) is 5.93. The number of anilines is 2. The van der Waals surface area contributed by atoms with E-state index in [1.165, 1.54) is 0 Å². The van der Waals surface area contributed by atoms with E-state index in [2.05, 4.69) is 15.6 Å². The van der Waals surface area contributed by atoms with Crippen LogP contribution in [0, 0.1) is 13.8 Å². The lowest BCUT2D eigenvalue weighted by molar-refractivity contribution is -0.116. The molecule has 0 bridgehead atoms. The number of carbonyl (C=O) groups excluding carboxylic acids is 2. The number of amides is 2. The van der Waals surface area contributed by atoms with Crippen LogP contribution >= 0.6 is 0 Å². The second-order valence-corrected chi connectivity index (χ2v) is 6.10. The molecule has 2 heterocycles. The van der Waals surface area contributed by atoms with E-state index in [0.29, 0.717) is 18.4 Å². The average molecular weight is 323 g/mol. The summed E-state index contributed by atoms with van der Waals surface area (Å²) < 4.78 is 0. The molecule has 1 aromatic heterocycles. The summed E-state index contributed by atoms with van der Waals surface area (Å²) in [5, 5.41) is 5.96. The summed E-state index contributed by atoms with van der Waals surface area (Å²) in [5.41, 5.74) is 6.30. The molecule has 1 aromatic carbocycles. The molecule has 0 aliphatic carbocycles. The number of pyridine rings is 1. The van der Waals surface area contributed by atoms with Crippen molar-refractivity contribution in [1.82, 2.24) is 4.98 Å². The van der Waals surface area contributed by atoms with Gasteiger partial charge < -0.3 is 10.6 Å². The number of nitrogens with one attached hydrogen (secondary N) is 2. The fourth-order valence-corrected chi connectivity index (χ4v) is 3.06. The van der Waals surface area contributed by atoms with Crippen molar-refractivity contribution in [3.05, 3.63) is 52.3 Å². The van der Waals surface area contributed by atoms with Gasteiger partial charge in [-0.15, -0.1) is 0 Å². The zero-order valence-electron chi connectivity index (χ0n) is 14.2. The molecule has 2 amide bonds. The first kappa shape index (κ1) is 16.2. The molecule has 5 heteroatoms. The topological polar surface area (TPSA) is 71.1 Å². The van der Waals surface area contributed by atoms with Crippen LogP contribution in [0.1, 0.15) is 46.0 Å². The van der Waals surface area contributed by atoms with Crippen LogP contribution in [0.5, 0.6) is 0 Å². The lowest BCUT2D eigenvalue weighted by Gasteiger charge is -2.23. The highest BCUT2D eigenvalue weighted by Crippen LogP contribution is 2.33. The van der Waals surface area contributed by atoms with Gasteiger partial charge in [0.25, 0.3) is 5.91 Å². The summed E-state index contributed by atoms with van der Waals surface area (Å²) in [5.74, 6) is -0.0808. The molecule has 1 aliphatic rings. The summed E-state index contributed by atoms with van der Waals surface area (Å²) in [4.78, 5) is 28.4. The van der Waals surface area contributed by atoms with Crippen LogP contribution in [0.2, 0.25) is 0 Å². The Balaban J connectivity index is 1.95. The Morgan fingerprint density at radius 3 is 2.83 bits per heavy atom. The normalized spacial score (nSPS) is 13.2. The SMILES string of the molecule is CCc1cnccc1C(=O)Nc1cc2c(c(C)c1C)NC(=O)CC2. The van der Waals surface area contributed by atoms with Crippen LogP contribution in [0.4, 0.5) is 11.4 Å². The maximum atomic E-state index is 12.7. The van der Waals surface area contributed by atoms with Crippen molar-refractivity contribution in [3.63, 3.8) is 0 Å². The average Bonchev–Trinajstić information content (AvgIpc) is 2.60. The minimum absolute atomic E-state index is 0.0474. The number of rotatable bonds is 3. The van der Waals surface area contributed by atoms with Gasteiger partial charge in [-0.3, -0.25) is 14.6 Å². The molecule has 0 fully saturated rings. The molecule has 2 N–H and O–H groups in total. The number of benzene rings is 1. The van der Waals surface area contributed by atoms with Crippen molar-refractivity contribution in [2.24, 2.45) is 0 Å². The summed E-state index contributed by atoms with van der Waals surface area (Å²) in [6.07, 6.45) is 5.29. The van der Waals surface area contributed by atoms with Gasteiger partial charge in [-0.05, 0) is 61.1 Å².